The van der Waals surface area contributed by atoms with Gasteiger partial charge in [0.15, 0.2) is 0 Å². The summed E-state index contributed by atoms with van der Waals surface area (Å²) in [5.74, 6) is 1.34. The van der Waals surface area contributed by atoms with Crippen LogP contribution in [0.3, 0.4) is 0 Å². The van der Waals surface area contributed by atoms with Crippen LogP contribution in [0.25, 0.3) is 22.2 Å². The van der Waals surface area contributed by atoms with Crippen LogP contribution in [0.2, 0.25) is 0 Å². The fraction of sp³-hybridized carbons (Fsp3) is 0.100. The predicted molar refractivity (Wildman–Crippen MR) is 100 cm³/mol. The Morgan fingerprint density at radius 1 is 1.04 bits per heavy atom. The van der Waals surface area contributed by atoms with Crippen molar-refractivity contribution in [3.8, 4) is 17.0 Å². The molecular formula is C20H18N4O. The Balaban J connectivity index is 1.71. The van der Waals surface area contributed by atoms with E-state index in [1.807, 2.05) is 49.5 Å². The van der Waals surface area contributed by atoms with Gasteiger partial charge in [0, 0.05) is 47.7 Å². The number of nitrogens with zero attached hydrogens (tertiary/aromatic N) is 3. The molecular weight excluding hydrogens is 312 g/mol. The van der Waals surface area contributed by atoms with E-state index in [0.29, 0.717) is 5.95 Å². The van der Waals surface area contributed by atoms with Crippen molar-refractivity contribution in [3.05, 3.63) is 67.0 Å². The average Bonchev–Trinajstić information content (AvgIpc) is 2.99. The molecule has 0 saturated heterocycles. The highest BCUT2D eigenvalue weighted by Gasteiger charge is 2.10. The van der Waals surface area contributed by atoms with Gasteiger partial charge >= 0.3 is 0 Å². The molecule has 0 aliphatic carbocycles. The SMILES string of the molecule is COc1cccc(Nc2nccc(-c3cn(C)c4ccccc34)n2)c1. The number of para-hydroxylation sites is 1. The maximum atomic E-state index is 5.25. The van der Waals surface area contributed by atoms with Gasteiger partial charge in [-0.25, -0.2) is 9.97 Å². The quantitative estimate of drug-likeness (QED) is 0.603. The van der Waals surface area contributed by atoms with Gasteiger partial charge in [0.1, 0.15) is 5.75 Å². The van der Waals surface area contributed by atoms with E-state index in [1.165, 1.54) is 10.9 Å². The topological polar surface area (TPSA) is 52.0 Å². The zero-order valence-electron chi connectivity index (χ0n) is 14.1. The van der Waals surface area contributed by atoms with E-state index in [0.717, 1.165) is 22.7 Å². The molecule has 0 aliphatic heterocycles. The van der Waals surface area contributed by atoms with Gasteiger partial charge < -0.3 is 14.6 Å². The summed E-state index contributed by atoms with van der Waals surface area (Å²) in [4.78, 5) is 9.01. The highest BCUT2D eigenvalue weighted by Crippen LogP contribution is 2.29. The normalized spacial score (nSPS) is 10.8. The first-order chi connectivity index (χ1) is 12.2. The molecule has 0 atom stereocenters. The summed E-state index contributed by atoms with van der Waals surface area (Å²) in [6.07, 6.45) is 3.87. The standard InChI is InChI=1S/C20H18N4O/c1-24-13-17(16-8-3-4-9-19(16)24)18-10-11-21-20(23-18)22-14-6-5-7-15(12-14)25-2/h3-13H,1-2H3,(H,21,22,23). The summed E-state index contributed by atoms with van der Waals surface area (Å²) in [6.45, 7) is 0. The second-order valence-corrected chi connectivity index (χ2v) is 5.79. The van der Waals surface area contributed by atoms with Crippen molar-refractivity contribution in [3.63, 3.8) is 0 Å². The monoisotopic (exact) mass is 330 g/mol. The molecule has 124 valence electrons. The van der Waals surface area contributed by atoms with E-state index < -0.39 is 0 Å². The number of hydrogen-bond donors (Lipinski definition) is 1. The van der Waals surface area contributed by atoms with E-state index in [4.69, 9.17) is 4.74 Å². The Bertz CT molecular complexity index is 1040. The van der Waals surface area contributed by atoms with Crippen LogP contribution in [0.5, 0.6) is 5.75 Å². The molecule has 4 rings (SSSR count). The third kappa shape index (κ3) is 2.92. The van der Waals surface area contributed by atoms with Crippen molar-refractivity contribution in [1.82, 2.24) is 14.5 Å². The lowest BCUT2D eigenvalue weighted by atomic mass is 10.1. The Morgan fingerprint density at radius 3 is 2.80 bits per heavy atom. The molecule has 2 aromatic heterocycles. The largest absolute Gasteiger partial charge is 0.497 e. The number of hydrogen-bond acceptors (Lipinski definition) is 4. The summed E-state index contributed by atoms with van der Waals surface area (Å²) >= 11 is 0. The predicted octanol–water partition coefficient (Wildman–Crippen LogP) is 4.39. The Kier molecular flexibility index (Phi) is 3.82. The molecule has 0 radical (unpaired) electrons. The van der Waals surface area contributed by atoms with Gasteiger partial charge in [-0.2, -0.15) is 0 Å². The highest BCUT2D eigenvalue weighted by molar-refractivity contribution is 5.95. The second-order valence-electron chi connectivity index (χ2n) is 5.79. The molecule has 2 aromatic carbocycles. The lowest BCUT2D eigenvalue weighted by molar-refractivity contribution is 0.415. The van der Waals surface area contributed by atoms with Gasteiger partial charge in [0.25, 0.3) is 0 Å². The smallest absolute Gasteiger partial charge is 0.227 e. The van der Waals surface area contributed by atoms with Crippen LogP contribution >= 0.6 is 0 Å². The minimum atomic E-state index is 0.554. The fourth-order valence-corrected chi connectivity index (χ4v) is 2.94. The molecule has 1 N–H and O–H groups in total. The van der Waals surface area contributed by atoms with E-state index in [2.05, 4.69) is 38.2 Å². The summed E-state index contributed by atoms with van der Waals surface area (Å²) in [5.41, 5.74) is 4.04. The van der Waals surface area contributed by atoms with Gasteiger partial charge in [-0.05, 0) is 24.3 Å². The van der Waals surface area contributed by atoms with Crippen molar-refractivity contribution in [2.45, 2.75) is 0 Å². The van der Waals surface area contributed by atoms with Gasteiger partial charge in [-0.15, -0.1) is 0 Å². The first-order valence-corrected chi connectivity index (χ1v) is 8.03. The minimum absolute atomic E-state index is 0.554. The number of ether oxygens (including phenoxy) is 1. The summed E-state index contributed by atoms with van der Waals surface area (Å²) in [7, 11) is 3.69. The van der Waals surface area contributed by atoms with Crippen molar-refractivity contribution in [2.24, 2.45) is 7.05 Å². The van der Waals surface area contributed by atoms with E-state index >= 15 is 0 Å². The van der Waals surface area contributed by atoms with Gasteiger partial charge in [-0.1, -0.05) is 24.3 Å². The Labute approximate surface area is 145 Å². The first-order valence-electron chi connectivity index (χ1n) is 8.03. The number of methoxy groups -OCH3 is 1. The number of aryl methyl sites for hydroxylation is 1. The molecule has 0 spiro atoms. The van der Waals surface area contributed by atoms with Crippen LogP contribution in [0.4, 0.5) is 11.6 Å². The van der Waals surface area contributed by atoms with Crippen molar-refractivity contribution >= 4 is 22.5 Å². The third-order valence-electron chi connectivity index (χ3n) is 4.15. The van der Waals surface area contributed by atoms with Crippen molar-refractivity contribution in [1.29, 1.82) is 0 Å². The molecule has 0 aliphatic rings. The van der Waals surface area contributed by atoms with Crippen molar-refractivity contribution < 1.29 is 4.74 Å². The maximum absolute atomic E-state index is 5.25. The van der Waals surface area contributed by atoms with E-state index in [-0.39, 0.29) is 0 Å². The van der Waals surface area contributed by atoms with Crippen LogP contribution in [0, 0.1) is 0 Å². The molecule has 5 heteroatoms. The Morgan fingerprint density at radius 2 is 1.92 bits per heavy atom. The van der Waals surface area contributed by atoms with Crippen LogP contribution in [0.1, 0.15) is 0 Å². The van der Waals surface area contributed by atoms with E-state index in [1.54, 1.807) is 13.3 Å². The fourth-order valence-electron chi connectivity index (χ4n) is 2.94. The summed E-state index contributed by atoms with van der Waals surface area (Å²) in [6, 6.07) is 17.9. The number of anilines is 2. The summed E-state index contributed by atoms with van der Waals surface area (Å²) in [5, 5.41) is 4.41. The molecule has 4 aromatic rings. The molecule has 5 nitrogen and oxygen atoms in total. The number of nitrogens with one attached hydrogen (secondary N) is 1. The molecule has 0 unspecified atom stereocenters. The number of fused-ring (bicyclic) bond motifs is 1. The van der Waals surface area contributed by atoms with Crippen LogP contribution < -0.4 is 10.1 Å². The number of benzene rings is 2. The second kappa shape index (κ2) is 6.28. The third-order valence-corrected chi connectivity index (χ3v) is 4.15. The lowest BCUT2D eigenvalue weighted by Gasteiger charge is -2.07. The van der Waals surface area contributed by atoms with Crippen LogP contribution in [-0.4, -0.2) is 21.6 Å². The molecule has 25 heavy (non-hydrogen) atoms. The Hall–Kier alpha value is -3.34. The van der Waals surface area contributed by atoms with Gasteiger partial charge in [-0.3, -0.25) is 0 Å². The molecule has 2 heterocycles. The molecule has 0 saturated carbocycles. The summed E-state index contributed by atoms with van der Waals surface area (Å²) < 4.78 is 7.37. The highest BCUT2D eigenvalue weighted by atomic mass is 16.5. The lowest BCUT2D eigenvalue weighted by Crippen LogP contribution is -1.98. The number of aromatic nitrogens is 3. The van der Waals surface area contributed by atoms with Crippen LogP contribution in [-0.2, 0) is 7.05 Å². The molecule has 0 amide bonds. The molecule has 0 bridgehead atoms. The zero-order valence-corrected chi connectivity index (χ0v) is 14.1. The molecule has 0 fully saturated rings. The van der Waals surface area contributed by atoms with Crippen molar-refractivity contribution in [2.75, 3.05) is 12.4 Å². The number of rotatable bonds is 4. The van der Waals surface area contributed by atoms with Gasteiger partial charge in [0.2, 0.25) is 5.95 Å². The minimum Gasteiger partial charge on any atom is -0.497 e. The average molecular weight is 330 g/mol. The first kappa shape index (κ1) is 15.2. The van der Waals surface area contributed by atoms with Crippen LogP contribution in [0.15, 0.2) is 67.0 Å². The maximum Gasteiger partial charge on any atom is 0.227 e. The zero-order chi connectivity index (χ0) is 17.2. The van der Waals surface area contributed by atoms with Gasteiger partial charge in [0.05, 0.1) is 12.8 Å². The van der Waals surface area contributed by atoms with E-state index in [9.17, 15) is 0 Å².